The molecule has 1 aromatic rings. The summed E-state index contributed by atoms with van der Waals surface area (Å²) in [5, 5.41) is 3.67. The monoisotopic (exact) mass is 327 g/mol. The number of carbonyl (C=O) groups excluding carboxylic acids is 1. The van der Waals surface area contributed by atoms with Crippen molar-refractivity contribution in [1.29, 1.82) is 0 Å². The second-order valence-electron chi connectivity index (χ2n) is 5.25. The summed E-state index contributed by atoms with van der Waals surface area (Å²) in [6, 6.07) is 7.70. The molecule has 0 unspecified atom stereocenters. The van der Waals surface area contributed by atoms with E-state index in [1.54, 1.807) is 11.8 Å². The molecular formula is C16H22ClNO2S. The first-order chi connectivity index (χ1) is 10.3. The van der Waals surface area contributed by atoms with Crippen LogP contribution in [0.2, 0.25) is 5.02 Å². The third-order valence-electron chi connectivity index (χ3n) is 3.26. The highest BCUT2D eigenvalue weighted by Gasteiger charge is 2.20. The van der Waals surface area contributed by atoms with Crippen LogP contribution in [0.5, 0.6) is 0 Å². The van der Waals surface area contributed by atoms with Gasteiger partial charge in [-0.15, -0.1) is 11.8 Å². The minimum atomic E-state index is 0.0942. The average molecular weight is 328 g/mol. The topological polar surface area (TPSA) is 38.3 Å². The van der Waals surface area contributed by atoms with Crippen LogP contribution in [0, 0.1) is 5.92 Å². The van der Waals surface area contributed by atoms with Crippen molar-refractivity contribution in [2.45, 2.75) is 30.6 Å². The zero-order valence-corrected chi connectivity index (χ0v) is 13.7. The molecule has 1 saturated carbocycles. The highest BCUT2D eigenvalue weighted by molar-refractivity contribution is 7.99. The van der Waals surface area contributed by atoms with Crippen LogP contribution < -0.4 is 5.32 Å². The zero-order chi connectivity index (χ0) is 14.9. The fourth-order valence-corrected chi connectivity index (χ4v) is 3.03. The quantitative estimate of drug-likeness (QED) is 0.525. The molecule has 1 amide bonds. The second-order valence-corrected chi connectivity index (χ2v) is 6.79. The lowest BCUT2D eigenvalue weighted by Crippen LogP contribution is -2.25. The molecule has 2 rings (SSSR count). The van der Waals surface area contributed by atoms with Crippen molar-refractivity contribution in [3.8, 4) is 0 Å². The summed E-state index contributed by atoms with van der Waals surface area (Å²) >= 11 is 7.68. The molecule has 1 fully saturated rings. The fraction of sp³-hybridized carbons (Fsp3) is 0.562. The van der Waals surface area contributed by atoms with Crippen molar-refractivity contribution < 1.29 is 9.53 Å². The molecule has 5 heteroatoms. The van der Waals surface area contributed by atoms with Crippen molar-refractivity contribution >= 4 is 29.3 Å². The van der Waals surface area contributed by atoms with Gasteiger partial charge in [0.15, 0.2) is 0 Å². The van der Waals surface area contributed by atoms with Crippen LogP contribution in [-0.2, 0) is 9.53 Å². The molecule has 1 aliphatic carbocycles. The van der Waals surface area contributed by atoms with Crippen molar-refractivity contribution in [1.82, 2.24) is 5.32 Å². The molecular weight excluding hydrogens is 306 g/mol. The number of nitrogens with one attached hydrogen (secondary N) is 1. The normalized spacial score (nSPS) is 14.1. The second kappa shape index (κ2) is 9.34. The Kier molecular flexibility index (Phi) is 7.41. The van der Waals surface area contributed by atoms with Crippen LogP contribution >= 0.6 is 23.4 Å². The van der Waals surface area contributed by atoms with Gasteiger partial charge in [0, 0.05) is 36.8 Å². The van der Waals surface area contributed by atoms with Gasteiger partial charge >= 0.3 is 0 Å². The summed E-state index contributed by atoms with van der Waals surface area (Å²) in [6.45, 7) is 2.33. The van der Waals surface area contributed by atoms with E-state index in [4.69, 9.17) is 16.3 Å². The number of thioether (sulfide) groups is 1. The molecule has 0 aromatic heterocycles. The summed E-state index contributed by atoms with van der Waals surface area (Å²) < 4.78 is 5.52. The molecule has 116 valence electrons. The summed E-state index contributed by atoms with van der Waals surface area (Å²) in [5.41, 5.74) is 0. The minimum Gasteiger partial charge on any atom is -0.381 e. The van der Waals surface area contributed by atoms with E-state index in [-0.39, 0.29) is 5.91 Å². The van der Waals surface area contributed by atoms with Crippen molar-refractivity contribution in [3.05, 3.63) is 29.3 Å². The molecule has 0 atom stereocenters. The van der Waals surface area contributed by atoms with Gasteiger partial charge in [0.25, 0.3) is 0 Å². The molecule has 21 heavy (non-hydrogen) atoms. The maximum Gasteiger partial charge on any atom is 0.220 e. The predicted octanol–water partition coefficient (Wildman–Crippen LogP) is 3.76. The van der Waals surface area contributed by atoms with E-state index < -0.39 is 0 Å². The van der Waals surface area contributed by atoms with Crippen LogP contribution in [0.4, 0.5) is 0 Å². The largest absolute Gasteiger partial charge is 0.381 e. The van der Waals surface area contributed by atoms with Crippen LogP contribution in [0.15, 0.2) is 29.2 Å². The maximum atomic E-state index is 11.7. The van der Waals surface area contributed by atoms with Gasteiger partial charge in [-0.05, 0) is 37.3 Å². The molecule has 3 nitrogen and oxygen atoms in total. The van der Waals surface area contributed by atoms with Gasteiger partial charge in [-0.2, -0.15) is 0 Å². The highest BCUT2D eigenvalue weighted by Crippen LogP contribution is 2.28. The Morgan fingerprint density at radius 3 is 2.95 bits per heavy atom. The van der Waals surface area contributed by atoms with Crippen LogP contribution in [0.1, 0.15) is 25.7 Å². The van der Waals surface area contributed by atoms with Crippen LogP contribution in [-0.4, -0.2) is 31.4 Å². The van der Waals surface area contributed by atoms with Gasteiger partial charge in [-0.25, -0.2) is 0 Å². The van der Waals surface area contributed by atoms with Crippen LogP contribution in [0.3, 0.4) is 0 Å². The Hall–Kier alpha value is -0.710. The Morgan fingerprint density at radius 1 is 1.38 bits per heavy atom. The smallest absolute Gasteiger partial charge is 0.220 e. The van der Waals surface area contributed by atoms with Gasteiger partial charge in [0.1, 0.15) is 0 Å². The summed E-state index contributed by atoms with van der Waals surface area (Å²) in [7, 11) is 0. The summed E-state index contributed by atoms with van der Waals surface area (Å²) in [4.78, 5) is 12.7. The molecule has 0 saturated heterocycles. The van der Waals surface area contributed by atoms with E-state index in [9.17, 15) is 4.79 Å². The molecule has 1 aliphatic rings. The SMILES string of the molecule is O=C(CCSc1ccccc1Cl)NCCCOCC1CC1. The lowest BCUT2D eigenvalue weighted by molar-refractivity contribution is -0.120. The molecule has 0 radical (unpaired) electrons. The Balaban J connectivity index is 1.46. The van der Waals surface area contributed by atoms with Crippen molar-refractivity contribution in [2.24, 2.45) is 5.92 Å². The summed E-state index contributed by atoms with van der Waals surface area (Å²) in [5.74, 6) is 1.64. The first kappa shape index (κ1) is 16.7. The number of carbonyl (C=O) groups is 1. The number of halogens is 1. The molecule has 1 N–H and O–H groups in total. The van der Waals surface area contributed by atoms with Gasteiger partial charge in [-0.3, -0.25) is 4.79 Å². The third-order valence-corrected chi connectivity index (χ3v) is 4.78. The fourth-order valence-electron chi connectivity index (χ4n) is 1.84. The Morgan fingerprint density at radius 2 is 2.19 bits per heavy atom. The van der Waals surface area contributed by atoms with Crippen molar-refractivity contribution in [2.75, 3.05) is 25.5 Å². The van der Waals surface area contributed by atoms with Crippen molar-refractivity contribution in [3.63, 3.8) is 0 Å². The third kappa shape index (κ3) is 7.21. The maximum absolute atomic E-state index is 11.7. The first-order valence-electron chi connectivity index (χ1n) is 7.47. The number of hydrogen-bond acceptors (Lipinski definition) is 3. The number of benzene rings is 1. The van der Waals surface area contributed by atoms with E-state index in [0.29, 0.717) is 13.0 Å². The number of rotatable bonds is 10. The Labute approximate surface area is 135 Å². The predicted molar refractivity (Wildman–Crippen MR) is 88.0 cm³/mol. The van der Waals surface area contributed by atoms with E-state index >= 15 is 0 Å². The lowest BCUT2D eigenvalue weighted by atomic mass is 10.4. The minimum absolute atomic E-state index is 0.0942. The molecule has 0 bridgehead atoms. The van der Waals surface area contributed by atoms with Crippen LogP contribution in [0.25, 0.3) is 0 Å². The van der Waals surface area contributed by atoms with Gasteiger partial charge in [-0.1, -0.05) is 23.7 Å². The van der Waals surface area contributed by atoms with E-state index in [1.165, 1.54) is 12.8 Å². The van der Waals surface area contributed by atoms with E-state index in [0.717, 1.165) is 41.2 Å². The molecule has 1 aromatic carbocycles. The Bertz CT molecular complexity index is 452. The van der Waals surface area contributed by atoms with Gasteiger partial charge in [0.2, 0.25) is 5.91 Å². The van der Waals surface area contributed by atoms with Gasteiger partial charge in [0.05, 0.1) is 5.02 Å². The van der Waals surface area contributed by atoms with E-state index in [1.807, 2.05) is 24.3 Å². The average Bonchev–Trinajstić information content (AvgIpc) is 3.29. The molecule has 0 heterocycles. The highest BCUT2D eigenvalue weighted by atomic mass is 35.5. The molecule has 0 aliphatic heterocycles. The number of hydrogen-bond donors (Lipinski definition) is 1. The standard InChI is InChI=1S/C16H22ClNO2S/c17-14-4-1-2-5-15(14)21-11-8-16(19)18-9-3-10-20-12-13-6-7-13/h1-2,4-5,13H,3,6-12H2,(H,18,19). The van der Waals surface area contributed by atoms with Gasteiger partial charge < -0.3 is 10.1 Å². The lowest BCUT2D eigenvalue weighted by Gasteiger charge is -2.06. The molecule has 0 spiro atoms. The first-order valence-corrected chi connectivity index (χ1v) is 8.84. The zero-order valence-electron chi connectivity index (χ0n) is 12.1. The number of amides is 1. The number of ether oxygens (including phenoxy) is 1. The summed E-state index contributed by atoms with van der Waals surface area (Å²) in [6.07, 6.45) is 4.04. The van der Waals surface area contributed by atoms with E-state index in [2.05, 4.69) is 5.32 Å².